The molecule has 0 saturated carbocycles. The third kappa shape index (κ3) is 4.08. The summed E-state index contributed by atoms with van der Waals surface area (Å²) in [5, 5.41) is 13.8. The van der Waals surface area contributed by atoms with Crippen LogP contribution in [0.15, 0.2) is 46.0 Å². The molecule has 136 valence electrons. The van der Waals surface area contributed by atoms with Gasteiger partial charge in [0.05, 0.1) is 17.3 Å². The number of ether oxygens (including phenoxy) is 3. The summed E-state index contributed by atoms with van der Waals surface area (Å²) in [6.45, 7) is 2.34. The number of nitrogens with one attached hydrogen (secondary N) is 1. The number of para-hydroxylation sites is 2. The van der Waals surface area contributed by atoms with Gasteiger partial charge in [0.2, 0.25) is 6.10 Å². The molecule has 2 aromatic rings. The van der Waals surface area contributed by atoms with E-state index in [0.29, 0.717) is 33.9 Å². The molecule has 0 spiro atoms. The third-order valence-corrected chi connectivity index (χ3v) is 4.14. The number of benzene rings is 2. The molecule has 3 rings (SSSR count). The van der Waals surface area contributed by atoms with E-state index in [9.17, 15) is 9.90 Å². The molecule has 0 fully saturated rings. The summed E-state index contributed by atoms with van der Waals surface area (Å²) in [5.74, 6) is 1.05. The number of hydrazone groups is 1. The van der Waals surface area contributed by atoms with E-state index in [0.717, 1.165) is 0 Å². The van der Waals surface area contributed by atoms with Crippen LogP contribution in [0.4, 0.5) is 0 Å². The minimum Gasteiger partial charge on any atom is -0.503 e. The van der Waals surface area contributed by atoms with Gasteiger partial charge in [-0.05, 0) is 52.7 Å². The average molecular weight is 421 g/mol. The molecule has 8 heteroatoms. The molecular formula is C18H17BrN2O5. The maximum Gasteiger partial charge on any atom is 0.284 e. The van der Waals surface area contributed by atoms with Crippen LogP contribution in [0.1, 0.15) is 12.5 Å². The maximum absolute atomic E-state index is 12.2. The molecule has 7 nitrogen and oxygen atoms in total. The zero-order chi connectivity index (χ0) is 18.5. The van der Waals surface area contributed by atoms with Gasteiger partial charge in [0.15, 0.2) is 23.0 Å². The van der Waals surface area contributed by atoms with Gasteiger partial charge < -0.3 is 19.3 Å². The molecular weight excluding hydrogens is 404 g/mol. The highest BCUT2D eigenvalue weighted by Crippen LogP contribution is 2.35. The highest BCUT2D eigenvalue weighted by Gasteiger charge is 2.26. The molecule has 0 saturated heterocycles. The van der Waals surface area contributed by atoms with Gasteiger partial charge in [-0.3, -0.25) is 4.79 Å². The van der Waals surface area contributed by atoms with Crippen LogP contribution in [0.25, 0.3) is 0 Å². The predicted molar refractivity (Wildman–Crippen MR) is 99.1 cm³/mol. The Labute approximate surface area is 158 Å². The number of amides is 1. The fourth-order valence-electron chi connectivity index (χ4n) is 2.33. The first-order chi connectivity index (χ1) is 12.6. The van der Waals surface area contributed by atoms with Crippen molar-refractivity contribution in [3.05, 3.63) is 46.4 Å². The molecule has 0 bridgehead atoms. The van der Waals surface area contributed by atoms with E-state index in [4.69, 9.17) is 14.2 Å². The van der Waals surface area contributed by atoms with Gasteiger partial charge in [-0.2, -0.15) is 5.10 Å². The molecule has 0 aromatic heterocycles. The third-order valence-electron chi connectivity index (χ3n) is 3.54. The normalized spacial score (nSPS) is 15.7. The first-order valence-electron chi connectivity index (χ1n) is 7.95. The summed E-state index contributed by atoms with van der Waals surface area (Å²) < 4.78 is 16.9. The molecule has 1 aliphatic rings. The Morgan fingerprint density at radius 2 is 2.19 bits per heavy atom. The van der Waals surface area contributed by atoms with Crippen molar-refractivity contribution in [2.45, 2.75) is 13.0 Å². The highest BCUT2D eigenvalue weighted by molar-refractivity contribution is 9.10. The van der Waals surface area contributed by atoms with Crippen molar-refractivity contribution >= 4 is 28.1 Å². The summed E-state index contributed by atoms with van der Waals surface area (Å²) in [4.78, 5) is 12.2. The summed E-state index contributed by atoms with van der Waals surface area (Å²) in [6, 6.07) is 10.4. The number of nitrogens with zero attached hydrogens (tertiary/aromatic N) is 1. The fourth-order valence-corrected chi connectivity index (χ4v) is 2.78. The smallest absolute Gasteiger partial charge is 0.284 e. The van der Waals surface area contributed by atoms with E-state index in [1.165, 1.54) is 6.21 Å². The molecule has 26 heavy (non-hydrogen) atoms. The van der Waals surface area contributed by atoms with Crippen molar-refractivity contribution in [2.75, 3.05) is 13.2 Å². The number of phenols is 1. The second-order valence-electron chi connectivity index (χ2n) is 5.38. The molecule has 2 N–H and O–H groups in total. The van der Waals surface area contributed by atoms with E-state index in [-0.39, 0.29) is 12.4 Å². The van der Waals surface area contributed by atoms with Crippen LogP contribution in [0.3, 0.4) is 0 Å². The lowest BCUT2D eigenvalue weighted by atomic mass is 10.2. The molecule has 1 atom stereocenters. The molecule has 2 aromatic carbocycles. The number of hydrogen-bond donors (Lipinski definition) is 2. The lowest BCUT2D eigenvalue weighted by Crippen LogP contribution is -2.42. The quantitative estimate of drug-likeness (QED) is 0.573. The number of hydrogen-bond acceptors (Lipinski definition) is 6. The molecule has 1 amide bonds. The van der Waals surface area contributed by atoms with Crippen LogP contribution in [-0.4, -0.2) is 36.5 Å². The van der Waals surface area contributed by atoms with Crippen LogP contribution < -0.4 is 19.6 Å². The molecule has 0 radical (unpaired) electrons. The Balaban J connectivity index is 1.63. The SMILES string of the molecule is CCOc1cc(C=NNC(=O)C2COc3ccccc3O2)cc(Br)c1O. The highest BCUT2D eigenvalue weighted by atomic mass is 79.9. The summed E-state index contributed by atoms with van der Waals surface area (Å²) in [6.07, 6.45) is 0.662. The minimum absolute atomic E-state index is 0.0134. The number of phenolic OH excluding ortho intramolecular Hbond substituents is 1. The standard InChI is InChI=1S/C18H17BrN2O5/c1-2-24-15-8-11(7-12(19)17(15)22)9-20-21-18(23)16-10-25-13-5-3-4-6-14(13)26-16/h3-9,16,22H,2,10H2,1H3,(H,21,23). The largest absolute Gasteiger partial charge is 0.503 e. The fraction of sp³-hybridized carbons (Fsp3) is 0.222. The average Bonchev–Trinajstić information content (AvgIpc) is 2.65. The minimum atomic E-state index is -0.785. The monoisotopic (exact) mass is 420 g/mol. The lowest BCUT2D eigenvalue weighted by Gasteiger charge is -2.24. The zero-order valence-electron chi connectivity index (χ0n) is 13.9. The molecule has 1 unspecified atom stereocenters. The van der Waals surface area contributed by atoms with Crippen LogP contribution in [0.2, 0.25) is 0 Å². The Hall–Kier alpha value is -2.74. The van der Waals surface area contributed by atoms with Crippen molar-refractivity contribution in [3.63, 3.8) is 0 Å². The van der Waals surface area contributed by atoms with Gasteiger partial charge >= 0.3 is 0 Å². The van der Waals surface area contributed by atoms with Gasteiger partial charge in [0.1, 0.15) is 6.61 Å². The Bertz CT molecular complexity index is 840. The second-order valence-corrected chi connectivity index (χ2v) is 6.24. The van der Waals surface area contributed by atoms with Gasteiger partial charge in [-0.25, -0.2) is 5.43 Å². The van der Waals surface area contributed by atoms with E-state index in [1.54, 1.807) is 30.3 Å². The summed E-state index contributed by atoms with van der Waals surface area (Å²) in [5.41, 5.74) is 3.07. The molecule has 1 aliphatic heterocycles. The van der Waals surface area contributed by atoms with Crippen molar-refractivity contribution in [1.82, 2.24) is 5.43 Å². The first-order valence-corrected chi connectivity index (χ1v) is 8.74. The topological polar surface area (TPSA) is 89.4 Å². The Morgan fingerprint density at radius 3 is 2.96 bits per heavy atom. The van der Waals surface area contributed by atoms with Crippen LogP contribution in [0.5, 0.6) is 23.0 Å². The van der Waals surface area contributed by atoms with E-state index < -0.39 is 12.0 Å². The van der Waals surface area contributed by atoms with E-state index in [2.05, 4.69) is 26.5 Å². The number of carbonyl (C=O) groups is 1. The zero-order valence-corrected chi connectivity index (χ0v) is 15.5. The summed E-state index contributed by atoms with van der Waals surface area (Å²) in [7, 11) is 0. The van der Waals surface area contributed by atoms with Crippen molar-refractivity contribution < 1.29 is 24.1 Å². The van der Waals surface area contributed by atoms with Crippen molar-refractivity contribution in [2.24, 2.45) is 5.10 Å². The van der Waals surface area contributed by atoms with Gasteiger partial charge in [-0.15, -0.1) is 0 Å². The molecule has 1 heterocycles. The maximum atomic E-state index is 12.2. The number of aromatic hydroxyl groups is 1. The summed E-state index contributed by atoms with van der Waals surface area (Å²) >= 11 is 3.25. The van der Waals surface area contributed by atoms with Gasteiger partial charge in [-0.1, -0.05) is 12.1 Å². The van der Waals surface area contributed by atoms with Crippen molar-refractivity contribution in [3.8, 4) is 23.0 Å². The number of rotatable bonds is 5. The van der Waals surface area contributed by atoms with Crippen LogP contribution >= 0.6 is 15.9 Å². The number of carbonyl (C=O) groups excluding carboxylic acids is 1. The Kier molecular flexibility index (Phi) is 5.62. The van der Waals surface area contributed by atoms with Crippen LogP contribution in [0, 0.1) is 0 Å². The Morgan fingerprint density at radius 1 is 1.42 bits per heavy atom. The van der Waals surface area contributed by atoms with Crippen molar-refractivity contribution in [1.29, 1.82) is 0 Å². The molecule has 0 aliphatic carbocycles. The van der Waals surface area contributed by atoms with E-state index >= 15 is 0 Å². The number of fused-ring (bicyclic) bond motifs is 1. The lowest BCUT2D eigenvalue weighted by molar-refractivity contribution is -0.130. The van der Waals surface area contributed by atoms with Gasteiger partial charge in [0.25, 0.3) is 5.91 Å². The number of halogens is 1. The van der Waals surface area contributed by atoms with Gasteiger partial charge in [0, 0.05) is 0 Å². The van der Waals surface area contributed by atoms with Crippen LogP contribution in [-0.2, 0) is 4.79 Å². The first kappa shape index (κ1) is 18.1. The van der Waals surface area contributed by atoms with E-state index in [1.807, 2.05) is 13.0 Å². The second kappa shape index (κ2) is 8.09. The predicted octanol–water partition coefficient (Wildman–Crippen LogP) is 2.84.